The van der Waals surface area contributed by atoms with Crippen molar-refractivity contribution >= 4 is 28.8 Å². The summed E-state index contributed by atoms with van der Waals surface area (Å²) in [5, 5.41) is 0.527. The van der Waals surface area contributed by atoms with Gasteiger partial charge in [-0.3, -0.25) is 4.79 Å². The van der Waals surface area contributed by atoms with E-state index in [-0.39, 0.29) is 12.3 Å². The Kier molecular flexibility index (Phi) is 5.26. The van der Waals surface area contributed by atoms with E-state index in [1.165, 1.54) is 4.88 Å². The Morgan fingerprint density at radius 3 is 2.71 bits per heavy atom. The van der Waals surface area contributed by atoms with Crippen molar-refractivity contribution in [1.82, 2.24) is 9.88 Å². The number of carbonyl (C=O) groups is 1. The van der Waals surface area contributed by atoms with Gasteiger partial charge in [0.2, 0.25) is 5.91 Å². The van der Waals surface area contributed by atoms with E-state index in [9.17, 15) is 4.79 Å². The van der Waals surface area contributed by atoms with Gasteiger partial charge in [-0.1, -0.05) is 11.6 Å². The van der Waals surface area contributed by atoms with Crippen molar-refractivity contribution in [3.63, 3.8) is 0 Å². The molecule has 0 N–H and O–H groups in total. The standard InChI is InChI=1S/C17H19ClN2O3S/c1-11-16(24-10-19-11)3-4-20(2)17(21)8-12-7-14-15(9-13(12)18)23-6-5-22-14/h7,9-10H,3-6,8H2,1-2H3. The van der Waals surface area contributed by atoms with E-state index < -0.39 is 0 Å². The van der Waals surface area contributed by atoms with Gasteiger partial charge in [0.25, 0.3) is 0 Å². The van der Waals surface area contributed by atoms with Crippen LogP contribution in [0.3, 0.4) is 0 Å². The molecule has 0 saturated heterocycles. The Morgan fingerprint density at radius 2 is 2.04 bits per heavy atom. The molecule has 7 heteroatoms. The Morgan fingerprint density at radius 1 is 1.33 bits per heavy atom. The van der Waals surface area contributed by atoms with Crippen LogP contribution in [-0.2, 0) is 17.6 Å². The summed E-state index contributed by atoms with van der Waals surface area (Å²) in [7, 11) is 1.81. The van der Waals surface area contributed by atoms with Gasteiger partial charge in [-0.15, -0.1) is 11.3 Å². The molecule has 0 bridgehead atoms. The number of carbonyl (C=O) groups excluding carboxylic acids is 1. The monoisotopic (exact) mass is 366 g/mol. The van der Waals surface area contributed by atoms with Crippen LogP contribution in [-0.4, -0.2) is 42.6 Å². The van der Waals surface area contributed by atoms with Gasteiger partial charge < -0.3 is 14.4 Å². The van der Waals surface area contributed by atoms with Crippen molar-refractivity contribution in [2.24, 2.45) is 0 Å². The maximum Gasteiger partial charge on any atom is 0.226 e. The molecule has 1 aromatic carbocycles. The van der Waals surface area contributed by atoms with Crippen LogP contribution in [0.4, 0.5) is 0 Å². The molecular formula is C17H19ClN2O3S. The highest BCUT2D eigenvalue weighted by Gasteiger charge is 2.18. The molecule has 1 aliphatic heterocycles. The first-order valence-corrected chi connectivity index (χ1v) is 9.01. The van der Waals surface area contributed by atoms with E-state index in [0.717, 1.165) is 17.7 Å². The van der Waals surface area contributed by atoms with Gasteiger partial charge in [0, 0.05) is 36.0 Å². The second-order valence-corrected chi connectivity index (χ2v) is 7.04. The number of nitrogens with zero attached hydrogens (tertiary/aromatic N) is 2. The fourth-order valence-electron chi connectivity index (χ4n) is 2.50. The fraction of sp³-hybridized carbons (Fsp3) is 0.412. The molecule has 5 nitrogen and oxygen atoms in total. The molecule has 24 heavy (non-hydrogen) atoms. The summed E-state index contributed by atoms with van der Waals surface area (Å²) >= 11 is 7.90. The Hall–Kier alpha value is -1.79. The summed E-state index contributed by atoms with van der Waals surface area (Å²) in [6.07, 6.45) is 1.06. The molecule has 1 amide bonds. The number of rotatable bonds is 5. The lowest BCUT2D eigenvalue weighted by Crippen LogP contribution is -2.30. The highest BCUT2D eigenvalue weighted by atomic mass is 35.5. The molecule has 1 aromatic heterocycles. The minimum absolute atomic E-state index is 0.0238. The maximum atomic E-state index is 12.5. The number of aryl methyl sites for hydroxylation is 1. The van der Waals surface area contributed by atoms with Crippen molar-refractivity contribution in [3.05, 3.63) is 38.8 Å². The zero-order valence-corrected chi connectivity index (χ0v) is 15.2. The molecule has 3 rings (SSSR count). The number of aromatic nitrogens is 1. The number of hydrogen-bond acceptors (Lipinski definition) is 5. The summed E-state index contributed by atoms with van der Waals surface area (Å²) < 4.78 is 11.0. The van der Waals surface area contributed by atoms with Crippen LogP contribution in [0.2, 0.25) is 5.02 Å². The van der Waals surface area contributed by atoms with Crippen LogP contribution in [0.5, 0.6) is 11.5 Å². The third-order valence-electron chi connectivity index (χ3n) is 4.00. The Balaban J connectivity index is 1.62. The normalized spacial score (nSPS) is 13.0. The molecule has 1 aliphatic rings. The van der Waals surface area contributed by atoms with Crippen LogP contribution in [0.15, 0.2) is 17.6 Å². The molecule has 2 heterocycles. The van der Waals surface area contributed by atoms with Crippen molar-refractivity contribution < 1.29 is 14.3 Å². The van der Waals surface area contributed by atoms with Crippen molar-refractivity contribution in [1.29, 1.82) is 0 Å². The Bertz CT molecular complexity index is 747. The second kappa shape index (κ2) is 7.40. The zero-order chi connectivity index (χ0) is 17.1. The molecule has 0 spiro atoms. The van der Waals surface area contributed by atoms with Crippen LogP contribution in [0.25, 0.3) is 0 Å². The van der Waals surface area contributed by atoms with Gasteiger partial charge in [0.05, 0.1) is 17.6 Å². The van der Waals surface area contributed by atoms with Crippen LogP contribution >= 0.6 is 22.9 Å². The Labute approximate surface area is 150 Å². The van der Waals surface area contributed by atoms with Gasteiger partial charge in [0.15, 0.2) is 11.5 Å². The first kappa shape index (κ1) is 17.0. The first-order chi connectivity index (χ1) is 11.5. The minimum Gasteiger partial charge on any atom is -0.486 e. The maximum absolute atomic E-state index is 12.5. The van der Waals surface area contributed by atoms with Gasteiger partial charge in [0.1, 0.15) is 13.2 Å². The van der Waals surface area contributed by atoms with Crippen LogP contribution in [0, 0.1) is 6.92 Å². The number of amides is 1. The number of halogens is 1. The summed E-state index contributed by atoms with van der Waals surface area (Å²) in [6, 6.07) is 3.52. The first-order valence-electron chi connectivity index (χ1n) is 7.75. The summed E-state index contributed by atoms with van der Waals surface area (Å²) in [5.41, 5.74) is 3.63. The average molecular weight is 367 g/mol. The van der Waals surface area contributed by atoms with E-state index in [1.54, 1.807) is 28.4 Å². The lowest BCUT2D eigenvalue weighted by Gasteiger charge is -2.21. The lowest BCUT2D eigenvalue weighted by atomic mass is 10.1. The van der Waals surface area contributed by atoms with Crippen LogP contribution < -0.4 is 9.47 Å². The van der Waals surface area contributed by atoms with Gasteiger partial charge in [-0.2, -0.15) is 0 Å². The molecule has 0 saturated carbocycles. The van der Waals surface area contributed by atoms with Gasteiger partial charge >= 0.3 is 0 Å². The highest BCUT2D eigenvalue weighted by molar-refractivity contribution is 7.09. The number of fused-ring (bicyclic) bond motifs is 1. The molecule has 0 radical (unpaired) electrons. The summed E-state index contributed by atoms with van der Waals surface area (Å²) in [5.74, 6) is 1.31. The van der Waals surface area contributed by atoms with Crippen molar-refractivity contribution in [2.45, 2.75) is 19.8 Å². The summed E-state index contributed by atoms with van der Waals surface area (Å²) in [6.45, 7) is 3.67. The summed E-state index contributed by atoms with van der Waals surface area (Å²) in [4.78, 5) is 19.6. The molecule has 0 aliphatic carbocycles. The molecule has 0 fully saturated rings. The third kappa shape index (κ3) is 3.82. The van der Waals surface area contributed by atoms with E-state index in [4.69, 9.17) is 21.1 Å². The van der Waals surface area contributed by atoms with E-state index >= 15 is 0 Å². The number of ether oxygens (including phenoxy) is 2. The predicted octanol–water partition coefficient (Wildman–Crippen LogP) is 3.12. The van der Waals surface area contributed by atoms with Crippen molar-refractivity contribution in [2.75, 3.05) is 26.8 Å². The zero-order valence-electron chi connectivity index (χ0n) is 13.7. The topological polar surface area (TPSA) is 51.7 Å². The van der Waals surface area contributed by atoms with E-state index in [2.05, 4.69) is 4.98 Å². The average Bonchev–Trinajstić information content (AvgIpc) is 2.98. The molecule has 0 unspecified atom stereocenters. The molecule has 0 atom stereocenters. The second-order valence-electron chi connectivity index (χ2n) is 5.69. The number of benzene rings is 1. The number of likely N-dealkylation sites (N-methyl/N-ethyl adjacent to an activating group) is 1. The smallest absolute Gasteiger partial charge is 0.226 e. The lowest BCUT2D eigenvalue weighted by molar-refractivity contribution is -0.129. The SMILES string of the molecule is Cc1ncsc1CCN(C)C(=O)Cc1cc2c(cc1Cl)OCCO2. The van der Waals surface area contributed by atoms with Crippen LogP contribution in [0.1, 0.15) is 16.1 Å². The third-order valence-corrected chi connectivity index (χ3v) is 5.34. The van der Waals surface area contributed by atoms with E-state index in [1.807, 2.05) is 19.5 Å². The van der Waals surface area contributed by atoms with Gasteiger partial charge in [-0.05, 0) is 18.6 Å². The molecule has 128 valence electrons. The quantitative estimate of drug-likeness (QED) is 0.815. The number of hydrogen-bond donors (Lipinski definition) is 0. The number of thiazole rings is 1. The fourth-order valence-corrected chi connectivity index (χ4v) is 3.49. The minimum atomic E-state index is 0.0238. The van der Waals surface area contributed by atoms with Crippen molar-refractivity contribution in [3.8, 4) is 11.5 Å². The predicted molar refractivity (Wildman–Crippen MR) is 94.3 cm³/mol. The molecular weight excluding hydrogens is 348 g/mol. The highest BCUT2D eigenvalue weighted by Crippen LogP contribution is 2.35. The molecule has 2 aromatic rings. The largest absolute Gasteiger partial charge is 0.486 e. The van der Waals surface area contributed by atoms with Gasteiger partial charge in [-0.25, -0.2) is 4.98 Å². The van der Waals surface area contributed by atoms with E-state index in [0.29, 0.717) is 36.3 Å².